The molecule has 0 bridgehead atoms. The van der Waals surface area contributed by atoms with E-state index in [4.69, 9.17) is 4.74 Å². The number of ether oxygens (including phenoxy) is 1. The van der Waals surface area contributed by atoms with Gasteiger partial charge in [0.25, 0.3) is 0 Å². The number of carbonyl (C=O) groups is 2. The predicted molar refractivity (Wildman–Crippen MR) is 300 cm³/mol. The summed E-state index contributed by atoms with van der Waals surface area (Å²) < 4.78 is 5.93. The molecule has 6 nitrogen and oxygen atoms in total. The normalized spacial score (nSPS) is 13.9. The van der Waals surface area contributed by atoms with Gasteiger partial charge in [-0.3, -0.25) is 9.59 Å². The van der Waals surface area contributed by atoms with Crippen molar-refractivity contribution in [2.45, 2.75) is 283 Å². The molecule has 3 unspecified atom stereocenters. The van der Waals surface area contributed by atoms with E-state index in [-0.39, 0.29) is 24.9 Å². The lowest BCUT2D eigenvalue weighted by molar-refractivity contribution is -0.151. The summed E-state index contributed by atoms with van der Waals surface area (Å²) in [4.78, 5) is 26.3. The third kappa shape index (κ3) is 51.0. The second kappa shape index (κ2) is 55.7. The van der Waals surface area contributed by atoms with Crippen LogP contribution in [0.15, 0.2) is 97.2 Å². The number of rotatable bonds is 51. The number of hydrogen-bond acceptors (Lipinski definition) is 5. The van der Waals surface area contributed by atoms with Gasteiger partial charge in [-0.25, -0.2) is 0 Å². The summed E-state index contributed by atoms with van der Waals surface area (Å²) in [5.41, 5.74) is 0. The summed E-state index contributed by atoms with van der Waals surface area (Å²) in [6.45, 7) is 6.34. The molecule has 6 heteroatoms. The molecule has 0 aliphatic carbocycles. The third-order valence-corrected chi connectivity index (χ3v) is 12.8. The lowest BCUT2D eigenvalue weighted by atomic mass is 10.0. The summed E-state index contributed by atoms with van der Waals surface area (Å²) in [7, 11) is 0. The average molecular weight is 961 g/mol. The lowest BCUT2D eigenvalue weighted by Gasteiger charge is -2.24. The molecule has 0 rings (SSSR count). The molecule has 0 aromatic carbocycles. The molecule has 396 valence electrons. The smallest absolute Gasteiger partial charge is 0.306 e. The SMILES string of the molecule is CC\C=C/C=C/C=C/C=C\C=C\C=C\CCCCCC(=O)OC(CCCCC/C=C/C=C/CCCCCCCCC)CC(=O)NC(CO)C(O)CCCCCCCCCCCCCCCCCCC. The van der Waals surface area contributed by atoms with Crippen LogP contribution in [-0.2, 0) is 14.3 Å². The van der Waals surface area contributed by atoms with Gasteiger partial charge in [-0.1, -0.05) is 279 Å². The van der Waals surface area contributed by atoms with Gasteiger partial charge >= 0.3 is 5.97 Å². The molecule has 1 amide bonds. The fourth-order valence-electron chi connectivity index (χ4n) is 8.45. The summed E-state index contributed by atoms with van der Waals surface area (Å²) in [6.07, 6.45) is 74.7. The van der Waals surface area contributed by atoms with Gasteiger partial charge in [-0.05, 0) is 70.6 Å². The van der Waals surface area contributed by atoms with Gasteiger partial charge in [0.2, 0.25) is 5.91 Å². The largest absolute Gasteiger partial charge is 0.462 e. The first-order chi connectivity index (χ1) is 34.0. The molecule has 0 aliphatic heterocycles. The van der Waals surface area contributed by atoms with E-state index in [2.05, 4.69) is 74.7 Å². The molecule has 0 radical (unpaired) electrons. The van der Waals surface area contributed by atoms with Crippen LogP contribution in [0.25, 0.3) is 0 Å². The minimum absolute atomic E-state index is 0.0367. The number of hydrogen-bond donors (Lipinski definition) is 3. The number of esters is 1. The van der Waals surface area contributed by atoms with Crippen molar-refractivity contribution in [1.82, 2.24) is 5.32 Å². The van der Waals surface area contributed by atoms with Gasteiger partial charge in [-0.2, -0.15) is 0 Å². The Morgan fingerprint density at radius 2 is 0.783 bits per heavy atom. The summed E-state index contributed by atoms with van der Waals surface area (Å²) in [6, 6.07) is -0.727. The Bertz CT molecular complexity index is 1350. The number of aliphatic hydroxyl groups excluding tert-OH is 2. The van der Waals surface area contributed by atoms with Crippen molar-refractivity contribution < 1.29 is 24.5 Å². The fraction of sp³-hybridized carbons (Fsp3) is 0.714. The van der Waals surface area contributed by atoms with Gasteiger partial charge in [0.15, 0.2) is 0 Å². The van der Waals surface area contributed by atoms with Crippen LogP contribution in [0.1, 0.15) is 265 Å². The topological polar surface area (TPSA) is 95.9 Å². The van der Waals surface area contributed by atoms with Crippen LogP contribution in [-0.4, -0.2) is 46.9 Å². The Morgan fingerprint density at radius 1 is 0.435 bits per heavy atom. The van der Waals surface area contributed by atoms with Crippen LogP contribution in [0.5, 0.6) is 0 Å². The first-order valence-electron chi connectivity index (χ1n) is 29.1. The van der Waals surface area contributed by atoms with E-state index in [1.807, 2.05) is 48.6 Å². The number of unbranched alkanes of at least 4 members (excludes halogenated alkanes) is 29. The molecule has 3 N–H and O–H groups in total. The number of carbonyl (C=O) groups excluding carboxylic acids is 2. The van der Waals surface area contributed by atoms with Crippen LogP contribution in [0.3, 0.4) is 0 Å². The highest BCUT2D eigenvalue weighted by Gasteiger charge is 2.24. The molecular formula is C63H109NO5. The zero-order valence-electron chi connectivity index (χ0n) is 45.2. The lowest BCUT2D eigenvalue weighted by Crippen LogP contribution is -2.46. The van der Waals surface area contributed by atoms with Gasteiger partial charge in [0, 0.05) is 6.42 Å². The maximum absolute atomic E-state index is 13.3. The fourth-order valence-corrected chi connectivity index (χ4v) is 8.45. The Labute approximate surface area is 426 Å². The van der Waals surface area contributed by atoms with E-state index in [0.717, 1.165) is 83.5 Å². The highest BCUT2D eigenvalue weighted by atomic mass is 16.5. The van der Waals surface area contributed by atoms with E-state index >= 15 is 0 Å². The Kier molecular flexibility index (Phi) is 53.1. The molecule has 69 heavy (non-hydrogen) atoms. The molecule has 0 saturated carbocycles. The molecule has 3 atom stereocenters. The van der Waals surface area contributed by atoms with Gasteiger partial charge in [0.05, 0.1) is 25.2 Å². The molecular weight excluding hydrogens is 851 g/mol. The quantitative estimate of drug-likeness (QED) is 0.0321. The monoisotopic (exact) mass is 960 g/mol. The number of aliphatic hydroxyl groups is 2. The van der Waals surface area contributed by atoms with Crippen molar-refractivity contribution in [2.75, 3.05) is 6.61 Å². The molecule has 0 aromatic rings. The van der Waals surface area contributed by atoms with Crippen LogP contribution in [0, 0.1) is 0 Å². The van der Waals surface area contributed by atoms with Crippen LogP contribution in [0.4, 0.5) is 0 Å². The second-order valence-corrected chi connectivity index (χ2v) is 19.5. The Morgan fingerprint density at radius 3 is 1.22 bits per heavy atom. The van der Waals surface area contributed by atoms with E-state index in [1.165, 1.54) is 135 Å². The highest BCUT2D eigenvalue weighted by Crippen LogP contribution is 2.18. The molecule has 0 spiro atoms. The van der Waals surface area contributed by atoms with Crippen LogP contribution >= 0.6 is 0 Å². The maximum atomic E-state index is 13.3. The van der Waals surface area contributed by atoms with Crippen molar-refractivity contribution in [1.29, 1.82) is 0 Å². The molecule has 0 saturated heterocycles. The zero-order chi connectivity index (χ0) is 50.2. The molecule has 0 aliphatic rings. The van der Waals surface area contributed by atoms with Crippen molar-refractivity contribution in [3.05, 3.63) is 97.2 Å². The molecule has 0 fully saturated rings. The first-order valence-corrected chi connectivity index (χ1v) is 29.1. The second-order valence-electron chi connectivity index (χ2n) is 19.5. The summed E-state index contributed by atoms with van der Waals surface area (Å²) in [5.74, 6) is -0.552. The Hall–Kier alpha value is -3.22. The number of allylic oxidation sites excluding steroid dienone is 16. The third-order valence-electron chi connectivity index (χ3n) is 12.8. The molecule has 0 aromatic heterocycles. The van der Waals surface area contributed by atoms with Crippen molar-refractivity contribution in [2.24, 2.45) is 0 Å². The van der Waals surface area contributed by atoms with Crippen molar-refractivity contribution in [3.63, 3.8) is 0 Å². The maximum Gasteiger partial charge on any atom is 0.306 e. The average Bonchev–Trinajstić information content (AvgIpc) is 3.34. The minimum atomic E-state index is -0.810. The number of amides is 1. The summed E-state index contributed by atoms with van der Waals surface area (Å²) in [5, 5.41) is 23.9. The molecule has 0 heterocycles. The van der Waals surface area contributed by atoms with Gasteiger partial charge in [0.1, 0.15) is 6.10 Å². The van der Waals surface area contributed by atoms with Gasteiger partial charge < -0.3 is 20.3 Å². The minimum Gasteiger partial charge on any atom is -0.462 e. The van der Waals surface area contributed by atoms with Crippen molar-refractivity contribution in [3.8, 4) is 0 Å². The van der Waals surface area contributed by atoms with E-state index in [9.17, 15) is 19.8 Å². The van der Waals surface area contributed by atoms with E-state index in [0.29, 0.717) is 19.3 Å². The number of nitrogens with one attached hydrogen (secondary N) is 1. The van der Waals surface area contributed by atoms with E-state index in [1.54, 1.807) is 0 Å². The Balaban J connectivity index is 4.69. The van der Waals surface area contributed by atoms with E-state index < -0.39 is 18.2 Å². The van der Waals surface area contributed by atoms with Gasteiger partial charge in [-0.15, -0.1) is 0 Å². The zero-order valence-corrected chi connectivity index (χ0v) is 45.2. The van der Waals surface area contributed by atoms with Crippen molar-refractivity contribution >= 4 is 11.9 Å². The van der Waals surface area contributed by atoms with Crippen LogP contribution < -0.4 is 5.32 Å². The summed E-state index contributed by atoms with van der Waals surface area (Å²) >= 11 is 0. The standard InChI is InChI=1S/C63H109NO5/c1-4-7-10-13-16-19-22-25-28-31-34-37-40-43-46-49-52-55-61(66)60(58-65)64-62(67)57-59(54-51-48-45-42-39-36-33-30-27-24-21-18-15-12-9-6-3)69-63(68)56-53-50-47-44-41-38-35-32-29-26-23-20-17-14-11-8-5-2/h8,11,14,17,20,23,26,29-30,32-33,35-36,38-39,41,59-61,65-66H,4-7,9-10,12-13,15-16,18-19,21-22,24-25,27-28,31,34,37,40,42-58H2,1-3H3,(H,64,67)/b11-8-,17-14+,23-20+,29-26-,33-30+,35-32+,39-36+,41-38+. The first kappa shape index (κ1) is 65.8. The van der Waals surface area contributed by atoms with Crippen LogP contribution in [0.2, 0.25) is 0 Å². The predicted octanol–water partition coefficient (Wildman–Crippen LogP) is 18.1. The highest BCUT2D eigenvalue weighted by molar-refractivity contribution is 5.77.